The Morgan fingerprint density at radius 1 is 1.30 bits per heavy atom. The van der Waals surface area contributed by atoms with Crippen molar-refractivity contribution in [2.24, 2.45) is 0 Å². The fourth-order valence-electron chi connectivity index (χ4n) is 1.78. The molecule has 0 atom stereocenters. The number of aromatic nitrogens is 3. The summed E-state index contributed by atoms with van der Waals surface area (Å²) in [6.07, 6.45) is -4.00. The molecule has 1 N–H and O–H groups in total. The number of hydrogen-bond donors (Lipinski definition) is 1. The van der Waals surface area contributed by atoms with Gasteiger partial charge in [-0.05, 0) is 24.1 Å². The molecule has 0 saturated carbocycles. The summed E-state index contributed by atoms with van der Waals surface area (Å²) >= 11 is 0. The van der Waals surface area contributed by atoms with Crippen LogP contribution in [-0.2, 0) is 6.18 Å². The first-order valence-electron chi connectivity index (χ1n) is 6.52. The molecule has 0 aliphatic heterocycles. The number of pyridine rings is 1. The summed E-state index contributed by atoms with van der Waals surface area (Å²) < 4.78 is 38.3. The Hall–Kier alpha value is -2.71. The van der Waals surface area contributed by atoms with Crippen LogP contribution in [-0.4, -0.2) is 25.8 Å². The second-order valence-electron chi connectivity index (χ2n) is 5.06. The van der Waals surface area contributed by atoms with Gasteiger partial charge in [0.15, 0.2) is 5.82 Å². The zero-order valence-corrected chi connectivity index (χ0v) is 12.1. The maximum absolute atomic E-state index is 12.5. The van der Waals surface area contributed by atoms with Crippen LogP contribution in [0.4, 0.5) is 13.2 Å². The predicted octanol–water partition coefficient (Wildman–Crippen LogP) is 2.47. The lowest BCUT2D eigenvalue weighted by molar-refractivity contribution is -0.137. The van der Waals surface area contributed by atoms with Crippen LogP contribution >= 0.6 is 0 Å². The lowest BCUT2D eigenvalue weighted by atomic mass is 10.1. The van der Waals surface area contributed by atoms with E-state index >= 15 is 0 Å². The average molecular weight is 327 g/mol. The molecule has 2 heterocycles. The van der Waals surface area contributed by atoms with Crippen molar-refractivity contribution in [3.05, 3.63) is 51.6 Å². The van der Waals surface area contributed by atoms with Crippen LogP contribution in [0.1, 0.15) is 41.4 Å². The minimum absolute atomic E-state index is 0.186. The standard InChI is InChI=1S/C14H12F3N3O3/c1-7(2)10-5-9(13(22)23)12(21)20(19-10)11-4-3-8(6-18-11)14(15,16)17/h3-7H,1-2H3,(H,22,23). The molecule has 2 rings (SSSR count). The van der Waals surface area contributed by atoms with E-state index in [0.29, 0.717) is 16.6 Å². The Morgan fingerprint density at radius 2 is 1.96 bits per heavy atom. The summed E-state index contributed by atoms with van der Waals surface area (Å²) in [5.41, 5.74) is -2.16. The van der Waals surface area contributed by atoms with Gasteiger partial charge in [-0.25, -0.2) is 9.78 Å². The van der Waals surface area contributed by atoms with Crippen LogP contribution < -0.4 is 5.56 Å². The van der Waals surface area contributed by atoms with Crippen LogP contribution in [0.25, 0.3) is 5.82 Å². The first-order valence-corrected chi connectivity index (χ1v) is 6.52. The third-order valence-electron chi connectivity index (χ3n) is 3.04. The van der Waals surface area contributed by atoms with Crippen LogP contribution in [0, 0.1) is 0 Å². The minimum Gasteiger partial charge on any atom is -0.477 e. The van der Waals surface area contributed by atoms with E-state index in [2.05, 4.69) is 10.1 Å². The highest BCUT2D eigenvalue weighted by atomic mass is 19.4. The smallest absolute Gasteiger partial charge is 0.417 e. The van der Waals surface area contributed by atoms with Crippen LogP contribution in [0.2, 0.25) is 0 Å². The topological polar surface area (TPSA) is 85.1 Å². The van der Waals surface area contributed by atoms with Crippen LogP contribution in [0.15, 0.2) is 29.2 Å². The lowest BCUT2D eigenvalue weighted by Gasteiger charge is -2.11. The fourth-order valence-corrected chi connectivity index (χ4v) is 1.78. The third kappa shape index (κ3) is 3.38. The van der Waals surface area contributed by atoms with E-state index in [1.807, 2.05) is 0 Å². The Balaban J connectivity index is 2.63. The monoisotopic (exact) mass is 327 g/mol. The van der Waals surface area contributed by atoms with Gasteiger partial charge in [0.2, 0.25) is 0 Å². The molecule has 0 bridgehead atoms. The highest BCUT2D eigenvalue weighted by Crippen LogP contribution is 2.28. The van der Waals surface area contributed by atoms with Crippen LogP contribution in [0.5, 0.6) is 0 Å². The summed E-state index contributed by atoms with van der Waals surface area (Å²) in [7, 11) is 0. The highest BCUT2D eigenvalue weighted by molar-refractivity contribution is 5.87. The number of aromatic carboxylic acids is 1. The molecule has 6 nitrogen and oxygen atoms in total. The SMILES string of the molecule is CC(C)c1cc(C(=O)O)c(=O)n(-c2ccc(C(F)(F)F)cn2)n1. The highest BCUT2D eigenvalue weighted by Gasteiger charge is 2.31. The van der Waals surface area contributed by atoms with Crippen molar-refractivity contribution < 1.29 is 23.1 Å². The van der Waals surface area contributed by atoms with Gasteiger partial charge in [0.1, 0.15) is 5.56 Å². The Bertz CT molecular complexity index is 796. The molecule has 0 aromatic carbocycles. The molecule has 0 unspecified atom stereocenters. The number of hydrogen-bond acceptors (Lipinski definition) is 4. The van der Waals surface area contributed by atoms with E-state index in [-0.39, 0.29) is 11.7 Å². The van der Waals surface area contributed by atoms with E-state index in [4.69, 9.17) is 5.11 Å². The van der Waals surface area contributed by atoms with Crippen LogP contribution in [0.3, 0.4) is 0 Å². The van der Waals surface area contributed by atoms with Crippen molar-refractivity contribution >= 4 is 5.97 Å². The predicted molar refractivity (Wildman–Crippen MR) is 73.7 cm³/mol. The van der Waals surface area contributed by atoms with Crippen molar-refractivity contribution in [3.63, 3.8) is 0 Å². The van der Waals surface area contributed by atoms with Gasteiger partial charge in [0.25, 0.3) is 5.56 Å². The van der Waals surface area contributed by atoms with Gasteiger partial charge in [0.05, 0.1) is 11.3 Å². The zero-order valence-electron chi connectivity index (χ0n) is 12.1. The molecule has 0 radical (unpaired) electrons. The van der Waals surface area contributed by atoms with E-state index in [1.54, 1.807) is 13.8 Å². The molecular weight excluding hydrogens is 315 g/mol. The second kappa shape index (κ2) is 5.82. The van der Waals surface area contributed by atoms with Gasteiger partial charge in [-0.2, -0.15) is 23.0 Å². The van der Waals surface area contributed by atoms with Gasteiger partial charge >= 0.3 is 12.1 Å². The minimum atomic E-state index is -4.56. The number of nitrogens with zero attached hydrogens (tertiary/aromatic N) is 3. The number of alkyl halides is 3. The zero-order chi connectivity index (χ0) is 17.4. The number of carboxylic acid groups (broad SMARTS) is 1. The Kier molecular flexibility index (Phi) is 4.22. The second-order valence-corrected chi connectivity index (χ2v) is 5.06. The average Bonchev–Trinajstić information content (AvgIpc) is 2.46. The molecule has 0 amide bonds. The third-order valence-corrected chi connectivity index (χ3v) is 3.04. The number of carbonyl (C=O) groups is 1. The normalized spacial score (nSPS) is 11.7. The molecular formula is C14H12F3N3O3. The van der Waals surface area contributed by atoms with Crippen molar-refractivity contribution in [2.75, 3.05) is 0 Å². The van der Waals surface area contributed by atoms with Crippen molar-refractivity contribution in [1.29, 1.82) is 0 Å². The van der Waals surface area contributed by atoms with E-state index in [0.717, 1.165) is 18.2 Å². The van der Waals surface area contributed by atoms with Crippen molar-refractivity contribution in [3.8, 4) is 5.82 Å². The molecule has 2 aromatic rings. The molecule has 0 aliphatic carbocycles. The summed E-state index contributed by atoms with van der Waals surface area (Å²) in [6, 6.07) is 2.86. The molecule has 2 aromatic heterocycles. The van der Waals surface area contributed by atoms with Gasteiger partial charge in [-0.3, -0.25) is 4.79 Å². The van der Waals surface area contributed by atoms with E-state index in [1.165, 1.54) is 0 Å². The number of rotatable bonds is 3. The summed E-state index contributed by atoms with van der Waals surface area (Å²) in [4.78, 5) is 26.8. The molecule has 23 heavy (non-hydrogen) atoms. The summed E-state index contributed by atoms with van der Waals surface area (Å²) in [6.45, 7) is 3.48. The van der Waals surface area contributed by atoms with Gasteiger partial charge in [-0.1, -0.05) is 13.8 Å². The molecule has 0 aliphatic rings. The van der Waals surface area contributed by atoms with E-state index < -0.39 is 28.8 Å². The van der Waals surface area contributed by atoms with Crippen molar-refractivity contribution in [2.45, 2.75) is 25.9 Å². The molecule has 9 heteroatoms. The maximum Gasteiger partial charge on any atom is 0.417 e. The van der Waals surface area contributed by atoms with Gasteiger partial charge < -0.3 is 5.11 Å². The lowest BCUT2D eigenvalue weighted by Crippen LogP contribution is -2.29. The number of carboxylic acids is 1. The van der Waals surface area contributed by atoms with Crippen molar-refractivity contribution in [1.82, 2.24) is 14.8 Å². The number of halogens is 3. The van der Waals surface area contributed by atoms with Gasteiger partial charge in [0, 0.05) is 6.20 Å². The Labute approximate surface area is 128 Å². The summed E-state index contributed by atoms with van der Waals surface area (Å²) in [5.74, 6) is -1.82. The maximum atomic E-state index is 12.5. The molecule has 0 saturated heterocycles. The van der Waals surface area contributed by atoms with E-state index in [9.17, 15) is 22.8 Å². The first kappa shape index (κ1) is 16.7. The quantitative estimate of drug-likeness (QED) is 0.936. The van der Waals surface area contributed by atoms with Gasteiger partial charge in [-0.15, -0.1) is 0 Å². The largest absolute Gasteiger partial charge is 0.477 e. The fraction of sp³-hybridized carbons (Fsp3) is 0.286. The molecule has 0 fully saturated rings. The first-order chi connectivity index (χ1) is 10.6. The summed E-state index contributed by atoms with van der Waals surface area (Å²) in [5, 5.41) is 13.1. The molecule has 0 spiro atoms. The molecule has 122 valence electrons. The Morgan fingerprint density at radius 3 is 2.39 bits per heavy atom.